The number of nitrogens with zero attached hydrogens (tertiary/aromatic N) is 1. The third-order valence-corrected chi connectivity index (χ3v) is 3.77. The van der Waals surface area contributed by atoms with Crippen molar-refractivity contribution >= 4 is 32.7 Å². The molecule has 1 aliphatic heterocycles. The molecule has 18 heavy (non-hydrogen) atoms. The van der Waals surface area contributed by atoms with Gasteiger partial charge in [0.05, 0.1) is 5.56 Å². The van der Waals surface area contributed by atoms with E-state index in [1.165, 1.54) is 0 Å². The quantitative estimate of drug-likeness (QED) is 0.846. The lowest BCUT2D eigenvalue weighted by molar-refractivity contribution is 0.0738. The van der Waals surface area contributed by atoms with Crippen LogP contribution in [0.15, 0.2) is 28.9 Å². The summed E-state index contributed by atoms with van der Waals surface area (Å²) < 4.78 is 1.01. The molecule has 5 heteroatoms. The number of rotatable bonds is 1. The zero-order valence-corrected chi connectivity index (χ0v) is 11.5. The van der Waals surface area contributed by atoms with Crippen molar-refractivity contribution in [1.29, 1.82) is 0 Å². The van der Waals surface area contributed by atoms with Crippen LogP contribution < -0.4 is 5.32 Å². The fourth-order valence-corrected chi connectivity index (χ4v) is 2.67. The van der Waals surface area contributed by atoms with Gasteiger partial charge in [0.2, 0.25) is 0 Å². The molecule has 1 saturated heterocycles. The summed E-state index contributed by atoms with van der Waals surface area (Å²) in [6.07, 6.45) is 1.81. The molecule has 1 amide bonds. The lowest BCUT2D eigenvalue weighted by Gasteiger charge is -2.27. The average Bonchev–Trinajstić information content (AvgIpc) is 2.81. The van der Waals surface area contributed by atoms with Crippen molar-refractivity contribution in [3.63, 3.8) is 0 Å². The van der Waals surface area contributed by atoms with Crippen molar-refractivity contribution in [1.82, 2.24) is 15.2 Å². The summed E-state index contributed by atoms with van der Waals surface area (Å²) in [6, 6.07) is 5.93. The summed E-state index contributed by atoms with van der Waals surface area (Å²) >= 11 is 3.43. The molecular formula is C13H14BrN3O. The highest BCUT2D eigenvalue weighted by Gasteiger charge is 2.20. The molecule has 0 atom stereocenters. The van der Waals surface area contributed by atoms with E-state index in [1.807, 2.05) is 29.3 Å². The molecule has 3 rings (SSSR count). The Balaban J connectivity index is 1.96. The Morgan fingerprint density at radius 1 is 1.28 bits per heavy atom. The van der Waals surface area contributed by atoms with Gasteiger partial charge in [-0.2, -0.15) is 0 Å². The number of piperazine rings is 1. The molecule has 2 N–H and O–H groups in total. The molecular weight excluding hydrogens is 294 g/mol. The smallest absolute Gasteiger partial charge is 0.256 e. The summed E-state index contributed by atoms with van der Waals surface area (Å²) in [6.45, 7) is 3.31. The van der Waals surface area contributed by atoms with Crippen LogP contribution in [-0.4, -0.2) is 42.0 Å². The van der Waals surface area contributed by atoms with Crippen LogP contribution in [-0.2, 0) is 0 Å². The number of hydrogen-bond donors (Lipinski definition) is 2. The fraction of sp³-hybridized carbons (Fsp3) is 0.308. The van der Waals surface area contributed by atoms with Gasteiger partial charge in [0.15, 0.2) is 0 Å². The van der Waals surface area contributed by atoms with Crippen molar-refractivity contribution < 1.29 is 4.79 Å². The minimum absolute atomic E-state index is 0.116. The number of hydrogen-bond acceptors (Lipinski definition) is 2. The Morgan fingerprint density at radius 2 is 2.06 bits per heavy atom. The Labute approximate surface area is 113 Å². The van der Waals surface area contributed by atoms with E-state index in [1.54, 1.807) is 0 Å². The molecule has 0 saturated carbocycles. The first-order valence-electron chi connectivity index (χ1n) is 6.02. The lowest BCUT2D eigenvalue weighted by atomic mass is 10.1. The van der Waals surface area contributed by atoms with Crippen molar-refractivity contribution in [2.45, 2.75) is 0 Å². The highest BCUT2D eigenvalue weighted by Crippen LogP contribution is 2.23. The number of amides is 1. The average molecular weight is 308 g/mol. The third kappa shape index (κ3) is 2.04. The van der Waals surface area contributed by atoms with E-state index in [4.69, 9.17) is 0 Å². The molecule has 0 aliphatic carbocycles. The molecule has 94 valence electrons. The topological polar surface area (TPSA) is 48.1 Å². The second-order valence-electron chi connectivity index (χ2n) is 4.43. The molecule has 0 radical (unpaired) electrons. The van der Waals surface area contributed by atoms with Crippen LogP contribution in [0.25, 0.3) is 10.9 Å². The van der Waals surface area contributed by atoms with Crippen molar-refractivity contribution in [2.24, 2.45) is 0 Å². The molecule has 0 spiro atoms. The normalized spacial score (nSPS) is 16.2. The van der Waals surface area contributed by atoms with Gasteiger partial charge in [0, 0.05) is 47.8 Å². The SMILES string of the molecule is O=C(c1c[nH]c2cc(Br)ccc12)N1CCNCC1. The number of aromatic nitrogens is 1. The Bertz CT molecular complexity index is 587. The molecule has 0 bridgehead atoms. The van der Waals surface area contributed by atoms with Gasteiger partial charge in [-0.3, -0.25) is 4.79 Å². The molecule has 1 fully saturated rings. The van der Waals surface area contributed by atoms with Crippen LogP contribution in [0.1, 0.15) is 10.4 Å². The van der Waals surface area contributed by atoms with Gasteiger partial charge >= 0.3 is 0 Å². The van der Waals surface area contributed by atoms with Gasteiger partial charge < -0.3 is 15.2 Å². The Kier molecular flexibility index (Phi) is 3.09. The third-order valence-electron chi connectivity index (χ3n) is 3.28. The number of nitrogens with one attached hydrogen (secondary N) is 2. The monoisotopic (exact) mass is 307 g/mol. The largest absolute Gasteiger partial charge is 0.360 e. The number of aromatic amines is 1. The predicted molar refractivity (Wildman–Crippen MR) is 74.8 cm³/mol. The molecule has 1 aliphatic rings. The first kappa shape index (κ1) is 11.7. The second kappa shape index (κ2) is 4.74. The summed E-state index contributed by atoms with van der Waals surface area (Å²) in [5, 5.41) is 4.24. The number of carbonyl (C=O) groups is 1. The zero-order chi connectivity index (χ0) is 12.5. The van der Waals surface area contributed by atoms with Crippen molar-refractivity contribution in [3.05, 3.63) is 34.4 Å². The molecule has 0 unspecified atom stereocenters. The number of halogens is 1. The Hall–Kier alpha value is -1.33. The minimum atomic E-state index is 0.116. The van der Waals surface area contributed by atoms with E-state index in [9.17, 15) is 4.79 Å². The van der Waals surface area contributed by atoms with Gasteiger partial charge in [-0.1, -0.05) is 22.0 Å². The molecule has 2 heterocycles. The highest BCUT2D eigenvalue weighted by molar-refractivity contribution is 9.10. The fourth-order valence-electron chi connectivity index (χ4n) is 2.31. The highest BCUT2D eigenvalue weighted by atomic mass is 79.9. The summed E-state index contributed by atoms with van der Waals surface area (Å²) in [4.78, 5) is 17.5. The number of benzene rings is 1. The van der Waals surface area contributed by atoms with E-state index < -0.39 is 0 Å². The van der Waals surface area contributed by atoms with Crippen LogP contribution in [0.3, 0.4) is 0 Å². The summed E-state index contributed by atoms with van der Waals surface area (Å²) in [5.74, 6) is 0.116. The summed E-state index contributed by atoms with van der Waals surface area (Å²) in [7, 11) is 0. The summed E-state index contributed by atoms with van der Waals surface area (Å²) in [5.41, 5.74) is 1.75. The molecule has 2 aromatic rings. The lowest BCUT2D eigenvalue weighted by Crippen LogP contribution is -2.46. The predicted octanol–water partition coefficient (Wildman–Crippen LogP) is 1.98. The number of fused-ring (bicyclic) bond motifs is 1. The molecule has 4 nitrogen and oxygen atoms in total. The van der Waals surface area contributed by atoms with Gasteiger partial charge in [-0.25, -0.2) is 0 Å². The maximum Gasteiger partial charge on any atom is 0.256 e. The molecule has 1 aromatic carbocycles. The maximum absolute atomic E-state index is 12.4. The van der Waals surface area contributed by atoms with E-state index in [2.05, 4.69) is 26.2 Å². The van der Waals surface area contributed by atoms with Crippen LogP contribution in [0.2, 0.25) is 0 Å². The maximum atomic E-state index is 12.4. The first-order valence-corrected chi connectivity index (χ1v) is 6.81. The van der Waals surface area contributed by atoms with Crippen molar-refractivity contribution in [3.8, 4) is 0 Å². The van der Waals surface area contributed by atoms with E-state index in [0.717, 1.165) is 47.1 Å². The number of H-pyrrole nitrogens is 1. The Morgan fingerprint density at radius 3 is 2.83 bits per heavy atom. The molecule has 1 aromatic heterocycles. The van der Waals surface area contributed by atoms with Crippen LogP contribution in [0, 0.1) is 0 Å². The second-order valence-corrected chi connectivity index (χ2v) is 5.35. The van der Waals surface area contributed by atoms with Gasteiger partial charge in [0.25, 0.3) is 5.91 Å². The minimum Gasteiger partial charge on any atom is -0.360 e. The van der Waals surface area contributed by atoms with Crippen LogP contribution >= 0.6 is 15.9 Å². The van der Waals surface area contributed by atoms with E-state index >= 15 is 0 Å². The first-order chi connectivity index (χ1) is 8.75. The standard InChI is InChI=1S/C13H14BrN3O/c14-9-1-2-10-11(8-16-12(10)7-9)13(18)17-5-3-15-4-6-17/h1-2,7-8,15-16H,3-6H2. The van der Waals surface area contributed by atoms with Gasteiger partial charge in [-0.15, -0.1) is 0 Å². The van der Waals surface area contributed by atoms with E-state index in [0.29, 0.717) is 0 Å². The van der Waals surface area contributed by atoms with Crippen LogP contribution in [0.4, 0.5) is 0 Å². The van der Waals surface area contributed by atoms with Crippen LogP contribution in [0.5, 0.6) is 0 Å². The van der Waals surface area contributed by atoms with Gasteiger partial charge in [0.1, 0.15) is 0 Å². The van der Waals surface area contributed by atoms with Gasteiger partial charge in [-0.05, 0) is 12.1 Å². The van der Waals surface area contributed by atoms with Crippen molar-refractivity contribution in [2.75, 3.05) is 26.2 Å². The van der Waals surface area contributed by atoms with E-state index in [-0.39, 0.29) is 5.91 Å². The zero-order valence-electron chi connectivity index (χ0n) is 9.87. The number of carbonyl (C=O) groups excluding carboxylic acids is 1.